The Morgan fingerprint density at radius 3 is 1.12 bits per heavy atom. The number of hydrogen-bond donors (Lipinski definition) is 6. The average Bonchev–Trinajstić information content (AvgIpc) is 0.872. The van der Waals surface area contributed by atoms with Gasteiger partial charge in [0.2, 0.25) is 5.91 Å². The number of aliphatic hydroxyl groups excluding tert-OH is 5. The van der Waals surface area contributed by atoms with Crippen molar-refractivity contribution in [1.29, 1.82) is 0 Å². The van der Waals surface area contributed by atoms with Crippen LogP contribution in [-0.4, -0.2) is 100 Å². The molecule has 0 aromatic heterocycles. The Labute approximate surface area is 586 Å². The molecular formula is C84H155NO10. The highest BCUT2D eigenvalue weighted by atomic mass is 16.7. The van der Waals surface area contributed by atoms with Crippen LogP contribution in [0.2, 0.25) is 0 Å². The van der Waals surface area contributed by atoms with Gasteiger partial charge >= 0.3 is 5.97 Å². The smallest absolute Gasteiger partial charge is 0.305 e. The van der Waals surface area contributed by atoms with Gasteiger partial charge in [-0.05, 0) is 103 Å². The normalized spacial score (nSPS) is 17.7. The fourth-order valence-corrected chi connectivity index (χ4v) is 12.9. The maximum absolute atomic E-state index is 13.0. The number of allylic oxidation sites excluding steroid dienone is 9. The van der Waals surface area contributed by atoms with Gasteiger partial charge in [0.1, 0.15) is 24.4 Å². The number of unbranched alkanes of at least 4 members (excludes halogenated alkanes) is 51. The summed E-state index contributed by atoms with van der Waals surface area (Å²) in [5, 5.41) is 54.4. The molecule has 1 aliphatic rings. The van der Waals surface area contributed by atoms with Crippen LogP contribution in [0.4, 0.5) is 0 Å². The van der Waals surface area contributed by atoms with Crippen LogP contribution in [0.1, 0.15) is 399 Å². The van der Waals surface area contributed by atoms with Crippen molar-refractivity contribution in [1.82, 2.24) is 5.32 Å². The zero-order valence-corrected chi connectivity index (χ0v) is 62.1. The molecule has 95 heavy (non-hydrogen) atoms. The first-order chi connectivity index (χ1) is 46.7. The largest absolute Gasteiger partial charge is 0.466 e. The van der Waals surface area contributed by atoms with Gasteiger partial charge in [-0.15, -0.1) is 0 Å². The standard InChI is InChI=1S/C84H155NO10/c1-3-5-7-9-11-13-15-16-17-18-43-46-49-52-56-60-64-68-72-80(89)93-73-69-65-61-57-53-50-47-44-41-39-37-35-33-31-29-27-25-23-21-19-20-22-24-26-28-30-32-34-36-38-40-42-45-48-51-55-59-63-67-71-79(88)85-76(75-94-84-83(92)82(91)81(90)78(74-86)95-84)77(87)70-66-62-58-54-14-12-10-8-6-4-2/h14,17-20,23,25,54,66,70,76-78,81-84,86-87,90-92H,3-13,15-16,21-22,24,26-53,55-65,67-69,71-75H2,1-2H3,(H,85,88)/b18-17-,20-19-,25-23-,54-14+,70-66+. The van der Waals surface area contributed by atoms with Gasteiger partial charge in [0.05, 0.1) is 32.0 Å². The molecular weight excluding hydrogens is 1180 g/mol. The number of esters is 1. The second-order valence-electron chi connectivity index (χ2n) is 28.5. The number of amides is 1. The van der Waals surface area contributed by atoms with Crippen LogP contribution in [-0.2, 0) is 23.8 Å². The Balaban J connectivity index is 1.86. The average molecular weight is 1340 g/mol. The van der Waals surface area contributed by atoms with Crippen LogP contribution in [0.25, 0.3) is 0 Å². The van der Waals surface area contributed by atoms with E-state index in [1.54, 1.807) is 6.08 Å². The van der Waals surface area contributed by atoms with Gasteiger partial charge in [0.25, 0.3) is 0 Å². The van der Waals surface area contributed by atoms with E-state index in [0.717, 1.165) is 64.2 Å². The molecule has 7 atom stereocenters. The molecule has 556 valence electrons. The van der Waals surface area contributed by atoms with Crippen molar-refractivity contribution in [3.8, 4) is 0 Å². The van der Waals surface area contributed by atoms with Crippen LogP contribution in [0.15, 0.2) is 60.8 Å². The molecule has 0 aromatic carbocycles. The van der Waals surface area contributed by atoms with Gasteiger partial charge in [0, 0.05) is 12.8 Å². The summed E-state index contributed by atoms with van der Waals surface area (Å²) in [6.07, 6.45) is 88.6. The van der Waals surface area contributed by atoms with E-state index in [4.69, 9.17) is 14.2 Å². The molecule has 11 nitrogen and oxygen atoms in total. The van der Waals surface area contributed by atoms with Crippen molar-refractivity contribution in [3.63, 3.8) is 0 Å². The molecule has 1 amide bonds. The van der Waals surface area contributed by atoms with Crippen molar-refractivity contribution in [2.75, 3.05) is 19.8 Å². The molecule has 0 aromatic rings. The quantitative estimate of drug-likeness (QED) is 0.0195. The SMILES string of the molecule is CCCCCC/C=C/CC/C=C/C(O)C(COC1OC(CO)C(O)C(O)C1O)NC(=O)CCCCCCCCCCCCCCCCCCC/C=C\C/C=C\CCCCCCCCCCCCCCCCCOC(=O)CCCCCCCCC/C=C\CCCCCCCCC. The Morgan fingerprint density at radius 1 is 0.389 bits per heavy atom. The van der Waals surface area contributed by atoms with E-state index in [1.165, 1.54) is 308 Å². The molecule has 1 saturated heterocycles. The van der Waals surface area contributed by atoms with Gasteiger partial charge in [0.15, 0.2) is 6.29 Å². The summed E-state index contributed by atoms with van der Waals surface area (Å²) >= 11 is 0. The first-order valence-corrected chi connectivity index (χ1v) is 41.1. The molecule has 0 radical (unpaired) electrons. The van der Waals surface area contributed by atoms with Crippen LogP contribution < -0.4 is 5.32 Å². The molecule has 6 N–H and O–H groups in total. The highest BCUT2D eigenvalue weighted by molar-refractivity contribution is 5.76. The Bertz CT molecular complexity index is 1770. The van der Waals surface area contributed by atoms with Crippen LogP contribution in [0.3, 0.4) is 0 Å². The van der Waals surface area contributed by atoms with Crippen molar-refractivity contribution in [2.45, 2.75) is 442 Å². The Hall–Kier alpha value is -2.64. The van der Waals surface area contributed by atoms with Gasteiger partial charge in [-0.2, -0.15) is 0 Å². The highest BCUT2D eigenvalue weighted by Crippen LogP contribution is 2.24. The third kappa shape index (κ3) is 61.0. The number of aliphatic hydroxyl groups is 5. The summed E-state index contributed by atoms with van der Waals surface area (Å²) in [5.41, 5.74) is 0. The third-order valence-corrected chi connectivity index (χ3v) is 19.3. The van der Waals surface area contributed by atoms with E-state index in [-0.39, 0.29) is 18.5 Å². The highest BCUT2D eigenvalue weighted by Gasteiger charge is 2.44. The minimum atomic E-state index is -1.58. The lowest BCUT2D eigenvalue weighted by atomic mass is 9.99. The van der Waals surface area contributed by atoms with Crippen molar-refractivity contribution < 1.29 is 49.3 Å². The molecule has 0 saturated carbocycles. The predicted octanol–water partition coefficient (Wildman–Crippen LogP) is 22.4. The van der Waals surface area contributed by atoms with Crippen LogP contribution in [0, 0.1) is 0 Å². The topological polar surface area (TPSA) is 175 Å². The zero-order chi connectivity index (χ0) is 68.6. The molecule has 1 heterocycles. The van der Waals surface area contributed by atoms with Gasteiger partial charge in [-0.1, -0.05) is 344 Å². The predicted molar refractivity (Wildman–Crippen MR) is 403 cm³/mol. The fraction of sp³-hybridized carbons (Fsp3) is 0.857. The first-order valence-electron chi connectivity index (χ1n) is 41.1. The van der Waals surface area contributed by atoms with Gasteiger partial charge in [-0.3, -0.25) is 9.59 Å². The minimum absolute atomic E-state index is 0.0119. The zero-order valence-electron chi connectivity index (χ0n) is 62.1. The molecule has 1 rings (SSSR count). The Kier molecular flexibility index (Phi) is 69.1. The summed E-state index contributed by atoms with van der Waals surface area (Å²) < 4.78 is 16.7. The molecule has 0 bridgehead atoms. The summed E-state index contributed by atoms with van der Waals surface area (Å²) in [7, 11) is 0. The molecule has 11 heteroatoms. The molecule has 1 aliphatic heterocycles. The van der Waals surface area contributed by atoms with E-state index < -0.39 is 49.5 Å². The second kappa shape index (κ2) is 72.6. The number of ether oxygens (including phenoxy) is 3. The number of nitrogens with one attached hydrogen (secondary N) is 1. The minimum Gasteiger partial charge on any atom is -0.466 e. The molecule has 7 unspecified atom stereocenters. The number of rotatable bonds is 73. The maximum Gasteiger partial charge on any atom is 0.305 e. The summed E-state index contributed by atoms with van der Waals surface area (Å²) in [4.78, 5) is 25.2. The van der Waals surface area contributed by atoms with Crippen molar-refractivity contribution >= 4 is 11.9 Å². The number of hydrogen-bond acceptors (Lipinski definition) is 10. The van der Waals surface area contributed by atoms with E-state index in [2.05, 4.69) is 67.8 Å². The number of carbonyl (C=O) groups excluding carboxylic acids is 2. The Morgan fingerprint density at radius 2 is 0.716 bits per heavy atom. The summed E-state index contributed by atoms with van der Waals surface area (Å²) in [6, 6.07) is -0.825. The van der Waals surface area contributed by atoms with Crippen molar-refractivity contribution in [3.05, 3.63) is 60.8 Å². The second-order valence-corrected chi connectivity index (χ2v) is 28.5. The number of carbonyl (C=O) groups is 2. The molecule has 0 aliphatic carbocycles. The van der Waals surface area contributed by atoms with E-state index in [1.807, 2.05) is 6.08 Å². The summed E-state index contributed by atoms with van der Waals surface area (Å²) in [6.45, 7) is 4.33. The molecule has 0 spiro atoms. The lowest BCUT2D eigenvalue weighted by molar-refractivity contribution is -0.302. The lowest BCUT2D eigenvalue weighted by Gasteiger charge is -2.40. The monoisotopic (exact) mass is 1340 g/mol. The van der Waals surface area contributed by atoms with Crippen LogP contribution in [0.5, 0.6) is 0 Å². The first kappa shape index (κ1) is 90.4. The third-order valence-electron chi connectivity index (χ3n) is 19.3. The van der Waals surface area contributed by atoms with Crippen molar-refractivity contribution in [2.24, 2.45) is 0 Å². The summed E-state index contributed by atoms with van der Waals surface area (Å²) in [5.74, 6) is -0.178. The maximum atomic E-state index is 13.0. The van der Waals surface area contributed by atoms with Crippen LogP contribution >= 0.6 is 0 Å². The van der Waals surface area contributed by atoms with E-state index in [0.29, 0.717) is 19.4 Å². The van der Waals surface area contributed by atoms with Gasteiger partial charge < -0.3 is 45.1 Å². The lowest BCUT2D eigenvalue weighted by Crippen LogP contribution is -2.60. The van der Waals surface area contributed by atoms with E-state index in [9.17, 15) is 35.1 Å². The molecule has 1 fully saturated rings. The van der Waals surface area contributed by atoms with Gasteiger partial charge in [-0.25, -0.2) is 0 Å². The fourth-order valence-electron chi connectivity index (χ4n) is 12.9. The van der Waals surface area contributed by atoms with E-state index >= 15 is 0 Å².